The Labute approximate surface area is 165 Å². The van der Waals surface area contributed by atoms with Crippen LogP contribution in [0.3, 0.4) is 0 Å². The highest BCUT2D eigenvalue weighted by atomic mass is 35.5. The minimum absolute atomic E-state index is 0.161. The fraction of sp³-hybridized carbons (Fsp3) is 0.235. The first kappa shape index (κ1) is 18.6. The molecule has 132 valence electrons. The Hall–Kier alpha value is -1.17. The number of ether oxygens (including phenoxy) is 1. The van der Waals surface area contributed by atoms with Crippen LogP contribution in [0, 0.1) is 0 Å². The third-order valence-electron chi connectivity index (χ3n) is 3.78. The minimum Gasteiger partial charge on any atom is -0.492 e. The second-order valence-electron chi connectivity index (χ2n) is 5.56. The van der Waals surface area contributed by atoms with Crippen molar-refractivity contribution in [2.24, 2.45) is 0 Å². The Morgan fingerprint density at radius 1 is 1.12 bits per heavy atom. The second-order valence-corrected chi connectivity index (χ2v) is 7.13. The molecule has 1 N–H and O–H groups in total. The number of carbonyl (C=O) groups excluding carboxylic acids is 1. The van der Waals surface area contributed by atoms with E-state index in [4.69, 9.17) is 51.1 Å². The van der Waals surface area contributed by atoms with E-state index in [0.717, 1.165) is 11.3 Å². The van der Waals surface area contributed by atoms with E-state index in [1.807, 2.05) is 29.2 Å². The molecule has 1 amide bonds. The van der Waals surface area contributed by atoms with Crippen molar-refractivity contribution in [3.05, 3.63) is 56.0 Å². The summed E-state index contributed by atoms with van der Waals surface area (Å²) in [7, 11) is 0. The lowest BCUT2D eigenvalue weighted by Gasteiger charge is -2.19. The fourth-order valence-corrected chi connectivity index (χ4v) is 3.48. The second kappa shape index (κ2) is 8.02. The van der Waals surface area contributed by atoms with Gasteiger partial charge in [0.25, 0.3) is 0 Å². The molecule has 2 aromatic carbocycles. The van der Waals surface area contributed by atoms with Crippen LogP contribution in [0.25, 0.3) is 0 Å². The molecule has 0 saturated heterocycles. The molecule has 0 atom stereocenters. The predicted molar refractivity (Wildman–Crippen MR) is 102 cm³/mol. The zero-order valence-electron chi connectivity index (χ0n) is 13.0. The summed E-state index contributed by atoms with van der Waals surface area (Å²) in [5, 5.41) is 3.47. The van der Waals surface area contributed by atoms with Crippen LogP contribution in [0.4, 0.5) is 5.69 Å². The summed E-state index contributed by atoms with van der Waals surface area (Å²) >= 11 is 24.2. The Bertz CT molecular complexity index is 787. The van der Waals surface area contributed by atoms with Crippen LogP contribution in [0.15, 0.2) is 30.3 Å². The van der Waals surface area contributed by atoms with Crippen LogP contribution in [0.2, 0.25) is 20.1 Å². The van der Waals surface area contributed by atoms with Gasteiger partial charge in [-0.2, -0.15) is 0 Å². The molecule has 3 rings (SSSR count). The zero-order chi connectivity index (χ0) is 18.0. The number of anilines is 1. The third kappa shape index (κ3) is 4.33. The van der Waals surface area contributed by atoms with E-state index in [0.29, 0.717) is 19.7 Å². The number of amides is 1. The number of para-hydroxylation sites is 1. The van der Waals surface area contributed by atoms with Crippen LogP contribution in [-0.2, 0) is 11.3 Å². The van der Waals surface area contributed by atoms with Gasteiger partial charge >= 0.3 is 0 Å². The molecule has 0 spiro atoms. The van der Waals surface area contributed by atoms with Gasteiger partial charge in [0.1, 0.15) is 12.4 Å². The molecule has 0 fully saturated rings. The summed E-state index contributed by atoms with van der Waals surface area (Å²) in [6.07, 6.45) is 0. The first-order valence-electron chi connectivity index (χ1n) is 7.51. The fourth-order valence-electron chi connectivity index (χ4n) is 2.58. The molecule has 0 saturated carbocycles. The summed E-state index contributed by atoms with van der Waals surface area (Å²) in [4.78, 5) is 14.4. The van der Waals surface area contributed by atoms with Gasteiger partial charge in [-0.05, 0) is 12.1 Å². The lowest BCUT2D eigenvalue weighted by atomic mass is 10.2. The average Bonchev–Trinajstić information content (AvgIpc) is 2.78. The highest BCUT2D eigenvalue weighted by Gasteiger charge is 2.20. The number of fused-ring (bicyclic) bond motifs is 1. The van der Waals surface area contributed by atoms with Gasteiger partial charge in [0.2, 0.25) is 5.91 Å². The number of carbonyl (C=O) groups is 1. The van der Waals surface area contributed by atoms with E-state index in [-0.39, 0.29) is 38.2 Å². The van der Waals surface area contributed by atoms with Crippen molar-refractivity contribution in [1.29, 1.82) is 0 Å². The topological polar surface area (TPSA) is 41.6 Å². The van der Waals surface area contributed by atoms with Crippen LogP contribution < -0.4 is 10.1 Å². The van der Waals surface area contributed by atoms with Crippen LogP contribution in [0.5, 0.6) is 5.75 Å². The lowest BCUT2D eigenvalue weighted by molar-refractivity contribution is -0.117. The van der Waals surface area contributed by atoms with E-state index < -0.39 is 0 Å². The Morgan fingerprint density at radius 3 is 2.52 bits per heavy atom. The number of hydrogen-bond acceptors (Lipinski definition) is 3. The van der Waals surface area contributed by atoms with Crippen molar-refractivity contribution in [2.75, 3.05) is 25.0 Å². The van der Waals surface area contributed by atoms with Gasteiger partial charge < -0.3 is 10.1 Å². The van der Waals surface area contributed by atoms with E-state index in [1.165, 1.54) is 6.07 Å². The van der Waals surface area contributed by atoms with E-state index in [1.54, 1.807) is 0 Å². The number of nitrogens with zero attached hydrogens (tertiary/aromatic N) is 1. The molecule has 0 bridgehead atoms. The molecule has 25 heavy (non-hydrogen) atoms. The summed E-state index contributed by atoms with van der Waals surface area (Å²) in [5.41, 5.74) is 1.26. The van der Waals surface area contributed by atoms with Crippen LogP contribution in [0.1, 0.15) is 5.56 Å². The quantitative estimate of drug-likeness (QED) is 0.700. The maximum atomic E-state index is 12.4. The highest BCUT2D eigenvalue weighted by molar-refractivity contribution is 6.50. The molecular weight excluding hydrogens is 406 g/mol. The molecule has 4 nitrogen and oxygen atoms in total. The predicted octanol–water partition coefficient (Wildman–Crippen LogP) is 5.13. The first-order valence-corrected chi connectivity index (χ1v) is 9.03. The Morgan fingerprint density at radius 2 is 1.80 bits per heavy atom. The van der Waals surface area contributed by atoms with E-state index in [2.05, 4.69) is 5.32 Å². The first-order chi connectivity index (χ1) is 12.0. The van der Waals surface area contributed by atoms with Crippen LogP contribution in [-0.4, -0.2) is 30.5 Å². The largest absolute Gasteiger partial charge is 0.492 e. The maximum Gasteiger partial charge on any atom is 0.238 e. The highest BCUT2D eigenvalue weighted by Crippen LogP contribution is 2.41. The van der Waals surface area contributed by atoms with Crippen molar-refractivity contribution in [3.63, 3.8) is 0 Å². The van der Waals surface area contributed by atoms with Gasteiger partial charge in [-0.25, -0.2) is 0 Å². The smallest absolute Gasteiger partial charge is 0.238 e. The Kier molecular flexibility index (Phi) is 5.97. The van der Waals surface area contributed by atoms with Gasteiger partial charge in [-0.1, -0.05) is 64.6 Å². The molecule has 0 aliphatic carbocycles. The summed E-state index contributed by atoms with van der Waals surface area (Å²) in [5.74, 6) is 0.583. The summed E-state index contributed by atoms with van der Waals surface area (Å²) in [6, 6.07) is 9.21. The number of benzene rings is 2. The van der Waals surface area contributed by atoms with Crippen molar-refractivity contribution in [1.82, 2.24) is 4.90 Å². The average molecular weight is 420 g/mol. The van der Waals surface area contributed by atoms with E-state index in [9.17, 15) is 4.79 Å². The molecule has 8 heteroatoms. The molecule has 2 aromatic rings. The van der Waals surface area contributed by atoms with Crippen LogP contribution >= 0.6 is 46.4 Å². The van der Waals surface area contributed by atoms with E-state index >= 15 is 0 Å². The molecule has 1 heterocycles. The standard InChI is InChI=1S/C17H14Cl4N2O2/c18-11-7-12(19)16(21)17(15(11)20)22-14(24)9-23-5-6-25-13-4-2-1-3-10(13)8-23/h1-4,7H,5-6,8-9H2,(H,22,24). The minimum atomic E-state index is -0.262. The summed E-state index contributed by atoms with van der Waals surface area (Å²) in [6.45, 7) is 1.91. The molecule has 0 aromatic heterocycles. The van der Waals surface area contributed by atoms with Crippen molar-refractivity contribution < 1.29 is 9.53 Å². The maximum absolute atomic E-state index is 12.4. The summed E-state index contributed by atoms with van der Waals surface area (Å²) < 4.78 is 5.70. The van der Waals surface area contributed by atoms with Gasteiger partial charge in [0.15, 0.2) is 0 Å². The zero-order valence-corrected chi connectivity index (χ0v) is 16.0. The molecular formula is C17H14Cl4N2O2. The molecule has 1 aliphatic heterocycles. The molecule has 0 radical (unpaired) electrons. The van der Waals surface area contributed by atoms with Crippen molar-refractivity contribution in [2.45, 2.75) is 6.54 Å². The van der Waals surface area contributed by atoms with Gasteiger partial charge in [0.05, 0.1) is 32.3 Å². The molecule has 0 unspecified atom stereocenters. The van der Waals surface area contributed by atoms with Gasteiger partial charge in [-0.3, -0.25) is 9.69 Å². The monoisotopic (exact) mass is 418 g/mol. The number of hydrogen-bond donors (Lipinski definition) is 1. The van der Waals surface area contributed by atoms with Gasteiger partial charge in [-0.15, -0.1) is 0 Å². The number of nitrogens with one attached hydrogen (secondary N) is 1. The lowest BCUT2D eigenvalue weighted by Crippen LogP contribution is -2.34. The van der Waals surface area contributed by atoms with Crippen molar-refractivity contribution in [3.8, 4) is 5.75 Å². The Balaban J connectivity index is 1.72. The number of rotatable bonds is 3. The SMILES string of the molecule is O=C(CN1CCOc2ccccc2C1)Nc1c(Cl)c(Cl)cc(Cl)c1Cl. The third-order valence-corrected chi connectivity index (χ3v) is 5.35. The number of halogens is 4. The van der Waals surface area contributed by atoms with Crippen molar-refractivity contribution >= 4 is 58.0 Å². The van der Waals surface area contributed by atoms with Gasteiger partial charge in [0, 0.05) is 18.7 Å². The normalized spacial score (nSPS) is 14.4. The molecule has 1 aliphatic rings.